The molecule has 0 aliphatic heterocycles. The average molecular weight is 435 g/mol. The van der Waals surface area contributed by atoms with Crippen LogP contribution in [0.5, 0.6) is 5.75 Å². The first kappa shape index (κ1) is 21.3. The van der Waals surface area contributed by atoms with Crippen LogP contribution in [0.3, 0.4) is 0 Å². The van der Waals surface area contributed by atoms with Gasteiger partial charge in [0.05, 0.1) is 12.5 Å². The van der Waals surface area contributed by atoms with Gasteiger partial charge in [0.15, 0.2) is 6.10 Å². The van der Waals surface area contributed by atoms with Crippen LogP contribution in [0.25, 0.3) is 22.2 Å². The van der Waals surface area contributed by atoms with Crippen LogP contribution in [0.2, 0.25) is 0 Å². The topological polar surface area (TPSA) is 115 Å². The van der Waals surface area contributed by atoms with Gasteiger partial charge < -0.3 is 25.5 Å². The van der Waals surface area contributed by atoms with E-state index in [1.165, 1.54) is 25.3 Å². The third-order valence-electron chi connectivity index (χ3n) is 5.13. The number of carbonyl (C=O) groups is 1. The van der Waals surface area contributed by atoms with E-state index in [-0.39, 0.29) is 5.56 Å². The van der Waals surface area contributed by atoms with Crippen molar-refractivity contribution in [3.63, 3.8) is 0 Å². The summed E-state index contributed by atoms with van der Waals surface area (Å²) in [6.07, 6.45) is 0.369. The van der Waals surface area contributed by atoms with Crippen molar-refractivity contribution in [1.82, 2.24) is 14.5 Å². The molecular weight excluding hydrogens is 413 g/mol. The Bertz CT molecular complexity index is 1330. The van der Waals surface area contributed by atoms with Gasteiger partial charge in [0, 0.05) is 36.1 Å². The predicted molar refractivity (Wildman–Crippen MR) is 120 cm³/mol. The third-order valence-corrected chi connectivity index (χ3v) is 5.13. The van der Waals surface area contributed by atoms with Crippen LogP contribution < -0.4 is 15.8 Å². The van der Waals surface area contributed by atoms with Gasteiger partial charge in [0.25, 0.3) is 5.91 Å². The van der Waals surface area contributed by atoms with Crippen molar-refractivity contribution in [2.75, 3.05) is 18.2 Å². The molecule has 164 valence electrons. The van der Waals surface area contributed by atoms with E-state index in [1.54, 1.807) is 25.1 Å². The smallest absolute Gasteiger partial charge is 0.257 e. The SMILES string of the molecule is COc1cc(NC(=O)C(O)c2cccc(F)c2)ccc1-c1cn(C)c2nc(C)nc(N)c12. The second-order valence-electron chi connectivity index (χ2n) is 7.37. The number of anilines is 2. The Morgan fingerprint density at radius 2 is 2.00 bits per heavy atom. The van der Waals surface area contributed by atoms with Gasteiger partial charge in [-0.3, -0.25) is 4.79 Å². The molecule has 0 saturated heterocycles. The minimum Gasteiger partial charge on any atom is -0.496 e. The lowest BCUT2D eigenvalue weighted by atomic mass is 10.0. The molecule has 2 heterocycles. The van der Waals surface area contributed by atoms with E-state index in [4.69, 9.17) is 10.5 Å². The minimum absolute atomic E-state index is 0.160. The molecule has 2 aromatic heterocycles. The lowest BCUT2D eigenvalue weighted by Crippen LogP contribution is -2.20. The van der Waals surface area contributed by atoms with Gasteiger partial charge >= 0.3 is 0 Å². The van der Waals surface area contributed by atoms with Crippen molar-refractivity contribution < 1.29 is 19.0 Å². The maximum Gasteiger partial charge on any atom is 0.257 e. The quantitative estimate of drug-likeness (QED) is 0.443. The number of methoxy groups -OCH3 is 1. The van der Waals surface area contributed by atoms with Gasteiger partial charge in [-0.2, -0.15) is 0 Å². The maximum absolute atomic E-state index is 13.4. The standard InChI is InChI=1S/C23H22FN5O3/c1-12-26-21(25)19-17(11-29(2)22(19)27-12)16-8-7-15(10-18(16)32-3)28-23(31)20(30)13-5-4-6-14(24)9-13/h4-11,20,30H,1-3H3,(H,28,31)(H2,25,26,27). The molecule has 2 aromatic carbocycles. The molecule has 0 aliphatic rings. The molecule has 0 aliphatic carbocycles. The molecule has 4 aromatic rings. The lowest BCUT2D eigenvalue weighted by molar-refractivity contribution is -0.124. The fraction of sp³-hybridized carbons (Fsp3) is 0.174. The second kappa shape index (κ2) is 8.27. The molecule has 9 heteroatoms. The number of benzene rings is 2. The highest BCUT2D eigenvalue weighted by atomic mass is 19.1. The zero-order chi connectivity index (χ0) is 23.0. The Hall–Kier alpha value is -3.98. The fourth-order valence-electron chi connectivity index (χ4n) is 3.65. The number of carbonyl (C=O) groups excluding carboxylic acids is 1. The number of aromatic nitrogens is 3. The van der Waals surface area contributed by atoms with Crippen molar-refractivity contribution in [1.29, 1.82) is 0 Å². The van der Waals surface area contributed by atoms with E-state index in [9.17, 15) is 14.3 Å². The molecule has 4 rings (SSSR count). The molecule has 0 radical (unpaired) electrons. The number of halogens is 1. The highest BCUT2D eigenvalue weighted by Crippen LogP contribution is 2.39. The number of nitrogens with zero attached hydrogens (tertiary/aromatic N) is 3. The minimum atomic E-state index is -1.52. The normalized spacial score (nSPS) is 12.0. The van der Waals surface area contributed by atoms with Crippen LogP contribution in [0.15, 0.2) is 48.7 Å². The number of aliphatic hydroxyl groups excluding tert-OH is 1. The first-order chi connectivity index (χ1) is 15.3. The summed E-state index contributed by atoms with van der Waals surface area (Å²) in [6, 6.07) is 10.4. The van der Waals surface area contributed by atoms with Crippen molar-refractivity contribution >= 4 is 28.4 Å². The van der Waals surface area contributed by atoms with Gasteiger partial charge in [0.1, 0.15) is 28.9 Å². The highest BCUT2D eigenvalue weighted by Gasteiger charge is 2.20. The number of hydrogen-bond acceptors (Lipinski definition) is 6. The summed E-state index contributed by atoms with van der Waals surface area (Å²) in [6.45, 7) is 1.78. The first-order valence-corrected chi connectivity index (χ1v) is 9.80. The number of nitrogens with one attached hydrogen (secondary N) is 1. The Balaban J connectivity index is 1.67. The third kappa shape index (κ3) is 3.85. The number of hydrogen-bond donors (Lipinski definition) is 3. The zero-order valence-electron chi connectivity index (χ0n) is 17.8. The van der Waals surface area contributed by atoms with Gasteiger partial charge in [-0.25, -0.2) is 14.4 Å². The summed E-state index contributed by atoms with van der Waals surface area (Å²) in [4.78, 5) is 21.2. The second-order valence-corrected chi connectivity index (χ2v) is 7.37. The number of fused-ring (bicyclic) bond motifs is 1. The predicted octanol–water partition coefficient (Wildman–Crippen LogP) is 3.35. The van der Waals surface area contributed by atoms with Crippen LogP contribution in [-0.2, 0) is 11.8 Å². The van der Waals surface area contributed by atoms with Gasteiger partial charge in [0.2, 0.25) is 0 Å². The Kier molecular flexibility index (Phi) is 5.50. The number of aliphatic hydroxyl groups is 1. The van der Waals surface area contributed by atoms with Crippen LogP contribution in [0.4, 0.5) is 15.9 Å². The van der Waals surface area contributed by atoms with Crippen molar-refractivity contribution in [3.05, 3.63) is 65.9 Å². The number of nitrogen functional groups attached to an aromatic ring is 1. The maximum atomic E-state index is 13.4. The van der Waals surface area contributed by atoms with Crippen molar-refractivity contribution in [2.24, 2.45) is 7.05 Å². The Morgan fingerprint density at radius 1 is 1.22 bits per heavy atom. The van der Waals surface area contributed by atoms with E-state index < -0.39 is 17.8 Å². The van der Waals surface area contributed by atoms with Crippen molar-refractivity contribution in [2.45, 2.75) is 13.0 Å². The number of rotatable bonds is 5. The largest absolute Gasteiger partial charge is 0.496 e. The van der Waals surface area contributed by atoms with E-state index in [1.807, 2.05) is 17.8 Å². The first-order valence-electron chi connectivity index (χ1n) is 9.80. The van der Waals surface area contributed by atoms with Gasteiger partial charge in [-0.1, -0.05) is 12.1 Å². The number of nitrogens with two attached hydrogens (primary N) is 1. The van der Waals surface area contributed by atoms with Gasteiger partial charge in [-0.05, 0) is 36.8 Å². The van der Waals surface area contributed by atoms with E-state index >= 15 is 0 Å². The molecule has 1 unspecified atom stereocenters. The molecule has 0 spiro atoms. The summed E-state index contributed by atoms with van der Waals surface area (Å²) in [5, 5.41) is 13.6. The molecule has 4 N–H and O–H groups in total. The Labute approximate surface area is 183 Å². The molecule has 32 heavy (non-hydrogen) atoms. The molecule has 8 nitrogen and oxygen atoms in total. The molecule has 0 bridgehead atoms. The molecule has 1 amide bonds. The van der Waals surface area contributed by atoms with Crippen LogP contribution in [-0.4, -0.2) is 32.7 Å². The summed E-state index contributed by atoms with van der Waals surface area (Å²) >= 11 is 0. The Morgan fingerprint density at radius 3 is 2.72 bits per heavy atom. The zero-order valence-corrected chi connectivity index (χ0v) is 17.8. The van der Waals surface area contributed by atoms with E-state index in [0.29, 0.717) is 34.1 Å². The van der Waals surface area contributed by atoms with Crippen LogP contribution >= 0.6 is 0 Å². The molecular formula is C23H22FN5O3. The van der Waals surface area contributed by atoms with Gasteiger partial charge in [-0.15, -0.1) is 0 Å². The summed E-state index contributed by atoms with van der Waals surface area (Å²) in [5.41, 5.74) is 8.97. The molecule has 0 saturated carbocycles. The average Bonchev–Trinajstić information content (AvgIpc) is 3.09. The van der Waals surface area contributed by atoms with Crippen LogP contribution in [0, 0.1) is 12.7 Å². The van der Waals surface area contributed by atoms with Crippen molar-refractivity contribution in [3.8, 4) is 16.9 Å². The van der Waals surface area contributed by atoms with Crippen LogP contribution in [0.1, 0.15) is 17.5 Å². The highest BCUT2D eigenvalue weighted by molar-refractivity contribution is 6.02. The van der Waals surface area contributed by atoms with E-state index in [0.717, 1.165) is 17.2 Å². The lowest BCUT2D eigenvalue weighted by Gasteiger charge is -2.14. The number of amides is 1. The number of ether oxygens (including phenoxy) is 1. The van der Waals surface area contributed by atoms with E-state index in [2.05, 4.69) is 15.3 Å². The number of aryl methyl sites for hydroxylation is 2. The fourth-order valence-corrected chi connectivity index (χ4v) is 3.65. The summed E-state index contributed by atoms with van der Waals surface area (Å²) in [7, 11) is 3.38. The summed E-state index contributed by atoms with van der Waals surface area (Å²) in [5.74, 6) is 0.193. The monoisotopic (exact) mass is 435 g/mol. The molecule has 0 fully saturated rings. The summed E-state index contributed by atoms with van der Waals surface area (Å²) < 4.78 is 20.8. The molecule has 1 atom stereocenters.